The van der Waals surface area contributed by atoms with E-state index in [1.165, 1.54) is 12.8 Å². The number of nitrogens with zero attached hydrogens (tertiary/aromatic N) is 1. The van der Waals surface area contributed by atoms with Crippen LogP contribution in [-0.4, -0.2) is 31.7 Å². The van der Waals surface area contributed by atoms with Crippen molar-refractivity contribution in [2.75, 3.05) is 17.0 Å². The second kappa shape index (κ2) is 5.99. The lowest BCUT2D eigenvalue weighted by Crippen LogP contribution is -2.23. The number of sulfonamides is 1. The molecule has 0 atom stereocenters. The third kappa shape index (κ3) is 4.15. The molecule has 5 nitrogen and oxygen atoms in total. The van der Waals surface area contributed by atoms with E-state index in [-0.39, 0.29) is 5.75 Å². The molecule has 1 saturated carbocycles. The van der Waals surface area contributed by atoms with Gasteiger partial charge in [-0.1, -0.05) is 18.2 Å². The summed E-state index contributed by atoms with van der Waals surface area (Å²) in [5.74, 6) is 0.125. The predicted molar refractivity (Wildman–Crippen MR) is 84.8 cm³/mol. The van der Waals surface area contributed by atoms with Gasteiger partial charge in [0.15, 0.2) is 0 Å². The van der Waals surface area contributed by atoms with Gasteiger partial charge in [0.05, 0.1) is 23.2 Å². The first-order valence-corrected chi connectivity index (χ1v) is 8.86. The number of benzene rings is 1. The fraction of sp³-hybridized carbons (Fsp3) is 0.400. The van der Waals surface area contributed by atoms with E-state index in [1.54, 1.807) is 6.20 Å². The Kier molecular flexibility index (Phi) is 4.07. The molecule has 0 aliphatic heterocycles. The average molecular weight is 305 g/mol. The monoisotopic (exact) mass is 305 g/mol. The molecule has 0 spiro atoms. The highest BCUT2D eigenvalue weighted by molar-refractivity contribution is 7.92. The number of anilines is 1. The van der Waals surface area contributed by atoms with Crippen LogP contribution < -0.4 is 10.0 Å². The molecular formula is C15H19N3O2S. The van der Waals surface area contributed by atoms with Gasteiger partial charge < -0.3 is 5.32 Å². The SMILES string of the molecule is O=S(=O)(CCCNC1CC1)Nc1cnc2ccccc2c1. The van der Waals surface area contributed by atoms with Gasteiger partial charge in [-0.3, -0.25) is 9.71 Å². The summed E-state index contributed by atoms with van der Waals surface area (Å²) in [4.78, 5) is 4.25. The highest BCUT2D eigenvalue weighted by Gasteiger charge is 2.20. The van der Waals surface area contributed by atoms with Gasteiger partial charge in [-0.05, 0) is 37.9 Å². The van der Waals surface area contributed by atoms with Crippen molar-refractivity contribution in [1.29, 1.82) is 0 Å². The summed E-state index contributed by atoms with van der Waals surface area (Å²) >= 11 is 0. The van der Waals surface area contributed by atoms with Crippen molar-refractivity contribution in [1.82, 2.24) is 10.3 Å². The maximum atomic E-state index is 12.0. The second-order valence-electron chi connectivity index (χ2n) is 5.42. The maximum absolute atomic E-state index is 12.0. The Morgan fingerprint density at radius 2 is 2.05 bits per heavy atom. The summed E-state index contributed by atoms with van der Waals surface area (Å²) in [5.41, 5.74) is 1.37. The van der Waals surface area contributed by atoms with Crippen molar-refractivity contribution in [2.24, 2.45) is 0 Å². The number of hydrogen-bond donors (Lipinski definition) is 2. The molecule has 1 heterocycles. The van der Waals surface area contributed by atoms with Crippen LogP contribution in [0.4, 0.5) is 5.69 Å². The van der Waals surface area contributed by atoms with Crippen molar-refractivity contribution < 1.29 is 8.42 Å². The molecule has 1 aliphatic carbocycles. The number of para-hydroxylation sites is 1. The summed E-state index contributed by atoms with van der Waals surface area (Å²) in [6, 6.07) is 10.1. The van der Waals surface area contributed by atoms with E-state index in [9.17, 15) is 8.42 Å². The third-order valence-corrected chi connectivity index (χ3v) is 4.84. The largest absolute Gasteiger partial charge is 0.314 e. The van der Waals surface area contributed by atoms with Crippen LogP contribution in [0.5, 0.6) is 0 Å². The summed E-state index contributed by atoms with van der Waals surface area (Å²) in [6.07, 6.45) is 4.61. The third-order valence-electron chi connectivity index (χ3n) is 3.46. The molecule has 0 unspecified atom stereocenters. The summed E-state index contributed by atoms with van der Waals surface area (Å²) < 4.78 is 26.7. The topological polar surface area (TPSA) is 71.1 Å². The Balaban J connectivity index is 1.59. The predicted octanol–water partition coefficient (Wildman–Crippen LogP) is 2.12. The van der Waals surface area contributed by atoms with Crippen LogP contribution in [0.3, 0.4) is 0 Å². The molecule has 0 radical (unpaired) electrons. The maximum Gasteiger partial charge on any atom is 0.232 e. The minimum absolute atomic E-state index is 0.125. The molecule has 1 fully saturated rings. The molecule has 3 rings (SSSR count). The zero-order valence-electron chi connectivity index (χ0n) is 11.7. The highest BCUT2D eigenvalue weighted by Crippen LogP contribution is 2.19. The molecule has 1 aromatic heterocycles. The molecule has 112 valence electrons. The molecule has 1 aromatic carbocycles. The van der Waals surface area contributed by atoms with Crippen LogP contribution in [0.25, 0.3) is 10.9 Å². The zero-order chi connectivity index (χ0) is 14.7. The minimum Gasteiger partial charge on any atom is -0.314 e. The van der Waals surface area contributed by atoms with Crippen LogP contribution in [0, 0.1) is 0 Å². The smallest absolute Gasteiger partial charge is 0.232 e. The Morgan fingerprint density at radius 3 is 2.86 bits per heavy atom. The Bertz CT molecular complexity index is 727. The molecular weight excluding hydrogens is 286 g/mol. The molecule has 0 bridgehead atoms. The lowest BCUT2D eigenvalue weighted by Gasteiger charge is -2.09. The van der Waals surface area contributed by atoms with E-state index in [2.05, 4.69) is 15.0 Å². The summed E-state index contributed by atoms with van der Waals surface area (Å²) in [7, 11) is -3.31. The van der Waals surface area contributed by atoms with Crippen LogP contribution in [0.1, 0.15) is 19.3 Å². The lowest BCUT2D eigenvalue weighted by molar-refractivity contribution is 0.593. The first-order valence-electron chi connectivity index (χ1n) is 7.21. The molecule has 2 aromatic rings. The number of aromatic nitrogens is 1. The first kappa shape index (κ1) is 14.3. The lowest BCUT2D eigenvalue weighted by atomic mass is 10.2. The van der Waals surface area contributed by atoms with Gasteiger partial charge in [0.25, 0.3) is 0 Å². The summed E-state index contributed by atoms with van der Waals surface area (Å²) in [5, 5.41) is 4.24. The first-order chi connectivity index (χ1) is 10.1. The number of hydrogen-bond acceptors (Lipinski definition) is 4. The molecule has 0 saturated heterocycles. The van der Waals surface area contributed by atoms with E-state index in [0.717, 1.165) is 17.4 Å². The van der Waals surface area contributed by atoms with E-state index in [1.807, 2.05) is 30.3 Å². The fourth-order valence-electron chi connectivity index (χ4n) is 2.21. The number of fused-ring (bicyclic) bond motifs is 1. The van der Waals surface area contributed by atoms with Crippen molar-refractivity contribution in [3.05, 3.63) is 36.5 Å². The standard InChI is InChI=1S/C15H19N3O2S/c19-21(20,9-3-8-16-13-6-7-13)18-14-10-12-4-1-2-5-15(12)17-11-14/h1-2,4-5,10-11,13,16,18H,3,6-9H2. The number of rotatable bonds is 7. The number of nitrogens with one attached hydrogen (secondary N) is 2. The minimum atomic E-state index is -3.31. The van der Waals surface area contributed by atoms with E-state index in [0.29, 0.717) is 18.2 Å². The van der Waals surface area contributed by atoms with Gasteiger partial charge in [-0.15, -0.1) is 0 Å². The van der Waals surface area contributed by atoms with Crippen LogP contribution in [-0.2, 0) is 10.0 Å². The van der Waals surface area contributed by atoms with E-state index in [4.69, 9.17) is 0 Å². The van der Waals surface area contributed by atoms with E-state index >= 15 is 0 Å². The zero-order valence-corrected chi connectivity index (χ0v) is 12.6. The van der Waals surface area contributed by atoms with Crippen LogP contribution in [0.15, 0.2) is 36.5 Å². The van der Waals surface area contributed by atoms with Gasteiger partial charge in [0.2, 0.25) is 10.0 Å². The fourth-order valence-corrected chi connectivity index (χ4v) is 3.31. The summed E-state index contributed by atoms with van der Waals surface area (Å²) in [6.45, 7) is 0.752. The van der Waals surface area contributed by atoms with Crippen molar-refractivity contribution in [3.8, 4) is 0 Å². The number of pyridine rings is 1. The molecule has 2 N–H and O–H groups in total. The molecule has 6 heteroatoms. The molecule has 21 heavy (non-hydrogen) atoms. The van der Waals surface area contributed by atoms with Gasteiger partial charge in [-0.25, -0.2) is 8.42 Å². The van der Waals surface area contributed by atoms with Gasteiger partial charge in [0, 0.05) is 11.4 Å². The average Bonchev–Trinajstić information content (AvgIpc) is 3.27. The normalized spacial score (nSPS) is 15.2. The van der Waals surface area contributed by atoms with Crippen LogP contribution in [0.2, 0.25) is 0 Å². The van der Waals surface area contributed by atoms with Gasteiger partial charge >= 0.3 is 0 Å². The molecule has 0 amide bonds. The van der Waals surface area contributed by atoms with Gasteiger partial charge in [-0.2, -0.15) is 0 Å². The van der Waals surface area contributed by atoms with Gasteiger partial charge in [0.1, 0.15) is 0 Å². The van der Waals surface area contributed by atoms with Crippen molar-refractivity contribution in [3.63, 3.8) is 0 Å². The second-order valence-corrected chi connectivity index (χ2v) is 7.26. The molecule has 1 aliphatic rings. The van der Waals surface area contributed by atoms with Crippen LogP contribution >= 0.6 is 0 Å². The quantitative estimate of drug-likeness (QED) is 0.769. The van der Waals surface area contributed by atoms with E-state index < -0.39 is 10.0 Å². The van der Waals surface area contributed by atoms with Crippen molar-refractivity contribution >= 4 is 26.6 Å². The highest BCUT2D eigenvalue weighted by atomic mass is 32.2. The Morgan fingerprint density at radius 1 is 1.24 bits per heavy atom. The Hall–Kier alpha value is -1.66. The van der Waals surface area contributed by atoms with Crippen molar-refractivity contribution in [2.45, 2.75) is 25.3 Å². The Labute approximate surface area is 124 Å².